The Morgan fingerprint density at radius 3 is 2.80 bits per heavy atom. The molecule has 0 amide bonds. The van der Waals surface area contributed by atoms with E-state index in [4.69, 9.17) is 0 Å². The third-order valence-electron chi connectivity index (χ3n) is 3.40. The van der Waals surface area contributed by atoms with Gasteiger partial charge in [-0.05, 0) is 50.3 Å². The molecule has 1 aliphatic rings. The van der Waals surface area contributed by atoms with Gasteiger partial charge >= 0.3 is 0 Å². The van der Waals surface area contributed by atoms with Crippen molar-refractivity contribution in [3.63, 3.8) is 0 Å². The molecule has 15 heavy (non-hydrogen) atoms. The fourth-order valence-corrected chi connectivity index (χ4v) is 2.16. The van der Waals surface area contributed by atoms with Gasteiger partial charge in [-0.15, -0.1) is 0 Å². The second-order valence-corrected chi connectivity index (χ2v) is 4.82. The van der Waals surface area contributed by atoms with Gasteiger partial charge in [0.25, 0.3) is 0 Å². The zero-order valence-electron chi connectivity index (χ0n) is 9.71. The lowest BCUT2D eigenvalue weighted by Gasteiger charge is -2.12. The second-order valence-electron chi connectivity index (χ2n) is 4.82. The topological polar surface area (TPSA) is 12.9 Å². The molecule has 1 saturated carbocycles. The molecule has 1 aromatic heterocycles. The van der Waals surface area contributed by atoms with E-state index in [0.29, 0.717) is 5.41 Å². The van der Waals surface area contributed by atoms with E-state index in [1.807, 2.05) is 6.20 Å². The van der Waals surface area contributed by atoms with Crippen LogP contribution in [-0.4, -0.2) is 4.98 Å². The number of nitrogens with zero attached hydrogens (tertiary/aromatic N) is 1. The Hall–Kier alpha value is -1.11. The highest BCUT2D eigenvalue weighted by Gasteiger charge is 2.43. The minimum Gasteiger partial charge on any atom is -0.261 e. The van der Waals surface area contributed by atoms with E-state index in [9.17, 15) is 0 Å². The van der Waals surface area contributed by atoms with Crippen LogP contribution in [0.4, 0.5) is 0 Å². The average Bonchev–Trinajstić information content (AvgIpc) is 2.97. The van der Waals surface area contributed by atoms with Crippen LogP contribution in [0.3, 0.4) is 0 Å². The number of aromatic nitrogens is 1. The van der Waals surface area contributed by atoms with Crippen LogP contribution in [0.25, 0.3) is 0 Å². The Labute approximate surface area is 92.2 Å². The fraction of sp³-hybridized carbons (Fsp3) is 0.500. The molecule has 0 unspecified atom stereocenters. The summed E-state index contributed by atoms with van der Waals surface area (Å²) in [5.74, 6) is 0. The SMILES string of the molecule is C=C(C)Cc1ccnc(C2(CC)CC2)c1. The van der Waals surface area contributed by atoms with Gasteiger partial charge in [-0.25, -0.2) is 0 Å². The minimum absolute atomic E-state index is 0.422. The summed E-state index contributed by atoms with van der Waals surface area (Å²) in [6, 6.07) is 4.37. The Balaban J connectivity index is 2.23. The Morgan fingerprint density at radius 2 is 2.27 bits per heavy atom. The van der Waals surface area contributed by atoms with E-state index in [2.05, 4.69) is 37.5 Å². The lowest BCUT2D eigenvalue weighted by Crippen LogP contribution is -2.07. The van der Waals surface area contributed by atoms with Gasteiger partial charge in [0.2, 0.25) is 0 Å². The van der Waals surface area contributed by atoms with E-state index in [-0.39, 0.29) is 0 Å². The first kappa shape index (κ1) is 10.4. The van der Waals surface area contributed by atoms with Crippen LogP contribution in [0.15, 0.2) is 30.5 Å². The maximum Gasteiger partial charge on any atom is 0.0468 e. The van der Waals surface area contributed by atoms with Crippen LogP contribution in [0.5, 0.6) is 0 Å². The maximum atomic E-state index is 4.52. The second kappa shape index (κ2) is 3.80. The molecule has 1 heterocycles. The van der Waals surface area contributed by atoms with Crippen LogP contribution < -0.4 is 0 Å². The monoisotopic (exact) mass is 201 g/mol. The van der Waals surface area contributed by atoms with Gasteiger partial charge in [0.1, 0.15) is 0 Å². The quantitative estimate of drug-likeness (QED) is 0.678. The molecule has 1 nitrogen and oxygen atoms in total. The molecule has 0 N–H and O–H groups in total. The molecule has 0 radical (unpaired) electrons. The molecule has 0 atom stereocenters. The lowest BCUT2D eigenvalue weighted by molar-refractivity contribution is 0.639. The van der Waals surface area contributed by atoms with Crippen LogP contribution in [-0.2, 0) is 11.8 Å². The van der Waals surface area contributed by atoms with E-state index in [0.717, 1.165) is 6.42 Å². The molecule has 1 aromatic rings. The highest BCUT2D eigenvalue weighted by molar-refractivity contribution is 5.29. The minimum atomic E-state index is 0.422. The van der Waals surface area contributed by atoms with Crippen molar-refractivity contribution in [3.8, 4) is 0 Å². The maximum absolute atomic E-state index is 4.52. The van der Waals surface area contributed by atoms with Crippen molar-refractivity contribution >= 4 is 0 Å². The predicted molar refractivity (Wildman–Crippen MR) is 64.0 cm³/mol. The first-order chi connectivity index (χ1) is 7.16. The number of hydrogen-bond acceptors (Lipinski definition) is 1. The fourth-order valence-electron chi connectivity index (χ4n) is 2.16. The van der Waals surface area contributed by atoms with Crippen molar-refractivity contribution < 1.29 is 0 Å². The Kier molecular flexibility index (Phi) is 2.64. The zero-order valence-corrected chi connectivity index (χ0v) is 9.71. The molecule has 0 spiro atoms. The average molecular weight is 201 g/mol. The third kappa shape index (κ3) is 2.11. The normalized spacial score (nSPS) is 17.5. The molecule has 80 valence electrons. The van der Waals surface area contributed by atoms with Gasteiger partial charge in [0.05, 0.1) is 0 Å². The highest BCUT2D eigenvalue weighted by Crippen LogP contribution is 2.50. The van der Waals surface area contributed by atoms with Crippen molar-refractivity contribution in [2.45, 2.75) is 44.9 Å². The zero-order chi connectivity index (χ0) is 10.9. The molecule has 2 rings (SSSR count). The predicted octanol–water partition coefficient (Wildman–Crippen LogP) is 3.64. The van der Waals surface area contributed by atoms with Gasteiger partial charge in [-0.1, -0.05) is 19.1 Å². The Morgan fingerprint density at radius 1 is 1.53 bits per heavy atom. The molecule has 0 bridgehead atoms. The first-order valence-corrected chi connectivity index (χ1v) is 5.76. The van der Waals surface area contributed by atoms with Crippen molar-refractivity contribution in [1.29, 1.82) is 0 Å². The highest BCUT2D eigenvalue weighted by atomic mass is 14.7. The van der Waals surface area contributed by atoms with Gasteiger partial charge in [-0.3, -0.25) is 4.98 Å². The number of rotatable bonds is 4. The molecule has 0 aliphatic heterocycles. The lowest BCUT2D eigenvalue weighted by atomic mass is 9.96. The Bertz CT molecular complexity index is 375. The third-order valence-corrected chi connectivity index (χ3v) is 3.40. The van der Waals surface area contributed by atoms with Crippen LogP contribution in [0.2, 0.25) is 0 Å². The van der Waals surface area contributed by atoms with Crippen LogP contribution in [0.1, 0.15) is 44.4 Å². The van der Waals surface area contributed by atoms with Gasteiger partial charge in [0, 0.05) is 17.3 Å². The van der Waals surface area contributed by atoms with Crippen LogP contribution in [0, 0.1) is 0 Å². The van der Waals surface area contributed by atoms with E-state index in [1.165, 1.54) is 36.1 Å². The smallest absolute Gasteiger partial charge is 0.0468 e. The summed E-state index contributed by atoms with van der Waals surface area (Å²) < 4.78 is 0. The molecule has 1 heteroatoms. The number of hydrogen-bond donors (Lipinski definition) is 0. The van der Waals surface area contributed by atoms with Crippen LogP contribution >= 0.6 is 0 Å². The summed E-state index contributed by atoms with van der Waals surface area (Å²) in [6.45, 7) is 8.30. The standard InChI is InChI=1S/C14H19N/c1-4-14(6-7-14)13-10-12(5-8-15-13)9-11(2)3/h5,8,10H,2,4,6-7,9H2,1,3H3. The van der Waals surface area contributed by atoms with Gasteiger partial charge in [0.15, 0.2) is 0 Å². The summed E-state index contributed by atoms with van der Waals surface area (Å²) in [4.78, 5) is 4.52. The molecular weight excluding hydrogens is 182 g/mol. The summed E-state index contributed by atoms with van der Waals surface area (Å²) in [6.07, 6.45) is 6.77. The van der Waals surface area contributed by atoms with Crippen molar-refractivity contribution in [2.75, 3.05) is 0 Å². The van der Waals surface area contributed by atoms with E-state index >= 15 is 0 Å². The number of allylic oxidation sites excluding steroid dienone is 1. The van der Waals surface area contributed by atoms with Crippen molar-refractivity contribution in [1.82, 2.24) is 4.98 Å². The molecule has 1 fully saturated rings. The molecule has 0 aromatic carbocycles. The van der Waals surface area contributed by atoms with E-state index < -0.39 is 0 Å². The first-order valence-electron chi connectivity index (χ1n) is 5.76. The summed E-state index contributed by atoms with van der Waals surface area (Å²) >= 11 is 0. The summed E-state index contributed by atoms with van der Waals surface area (Å²) in [7, 11) is 0. The van der Waals surface area contributed by atoms with Crippen molar-refractivity contribution in [3.05, 3.63) is 41.7 Å². The molecule has 1 aliphatic carbocycles. The van der Waals surface area contributed by atoms with E-state index in [1.54, 1.807) is 0 Å². The van der Waals surface area contributed by atoms with Gasteiger partial charge < -0.3 is 0 Å². The van der Waals surface area contributed by atoms with Crippen molar-refractivity contribution in [2.24, 2.45) is 0 Å². The summed E-state index contributed by atoms with van der Waals surface area (Å²) in [5, 5.41) is 0. The summed E-state index contributed by atoms with van der Waals surface area (Å²) in [5.41, 5.74) is 4.29. The number of pyridine rings is 1. The molecular formula is C14H19N. The largest absolute Gasteiger partial charge is 0.261 e. The molecule has 0 saturated heterocycles. The van der Waals surface area contributed by atoms with Gasteiger partial charge in [-0.2, -0.15) is 0 Å².